The van der Waals surface area contributed by atoms with Crippen LogP contribution < -0.4 is 10.2 Å². The first kappa shape index (κ1) is 14.9. The summed E-state index contributed by atoms with van der Waals surface area (Å²) in [6.45, 7) is 4.21. The molecule has 2 N–H and O–H groups in total. The molecule has 2 aliphatic heterocycles. The lowest BCUT2D eigenvalue weighted by molar-refractivity contribution is -0.133. The van der Waals surface area contributed by atoms with E-state index in [1.54, 1.807) is 0 Å². The van der Waals surface area contributed by atoms with Gasteiger partial charge in [-0.1, -0.05) is 39.5 Å². The first-order valence-corrected chi connectivity index (χ1v) is 9.19. The molecule has 0 saturated carbocycles. The number of Topliss-reactive ketones (excluding diaryl/α,β-unsaturated/α-hetero) is 1. The Bertz CT molecular complexity index is 328. The molecule has 19 heavy (non-hydrogen) atoms. The van der Waals surface area contributed by atoms with Crippen LogP contribution in [0.1, 0.15) is 52.4 Å². The van der Waals surface area contributed by atoms with Crippen molar-refractivity contribution in [2.45, 2.75) is 64.5 Å². The van der Waals surface area contributed by atoms with E-state index < -0.39 is 7.79 Å². The molecule has 2 aliphatic rings. The Balaban J connectivity index is 1.94. The van der Waals surface area contributed by atoms with Crippen LogP contribution in [-0.2, 0) is 14.1 Å². The van der Waals surface area contributed by atoms with Gasteiger partial charge in [-0.15, -0.1) is 10.2 Å². The molecule has 0 aromatic heterocycles. The highest BCUT2D eigenvalue weighted by atomic mass is 31.2. The molecule has 2 fully saturated rings. The van der Waals surface area contributed by atoms with Gasteiger partial charge in [0.1, 0.15) is 12.1 Å². The lowest BCUT2D eigenvalue weighted by Gasteiger charge is -2.12. The molecule has 3 atom stereocenters. The van der Waals surface area contributed by atoms with Gasteiger partial charge in [-0.05, 0) is 12.8 Å². The molecule has 2 heterocycles. The van der Waals surface area contributed by atoms with E-state index in [9.17, 15) is 9.59 Å². The van der Waals surface area contributed by atoms with Crippen molar-refractivity contribution in [1.29, 1.82) is 0 Å². The minimum absolute atomic E-state index is 0.126. The van der Waals surface area contributed by atoms with Crippen molar-refractivity contribution in [2.24, 2.45) is 0 Å². The molecule has 0 aliphatic carbocycles. The summed E-state index contributed by atoms with van der Waals surface area (Å²) in [4.78, 5) is 23.9. The number of unbranched alkanes of at least 4 members (excludes halogenated alkanes) is 2. The number of hydrogen-bond acceptors (Lipinski definition) is 5. The van der Waals surface area contributed by atoms with Crippen LogP contribution in [0.4, 0.5) is 0 Å². The zero-order valence-electron chi connectivity index (χ0n) is 11.8. The monoisotopic (exact) mass is 287 g/mol. The second-order valence-electron chi connectivity index (χ2n) is 5.42. The summed E-state index contributed by atoms with van der Waals surface area (Å²) >= 11 is 0. The lowest BCUT2D eigenvalue weighted by Crippen LogP contribution is -2.31. The summed E-state index contributed by atoms with van der Waals surface area (Å²) < 4.78 is 5.53. The molecule has 0 bridgehead atoms. The molecule has 108 valence electrons. The highest BCUT2D eigenvalue weighted by Gasteiger charge is 2.62. The Hall–Kier alpha value is -0.510. The first-order chi connectivity index (χ1) is 9.10. The molecule has 1 unspecified atom stereocenters. The van der Waals surface area contributed by atoms with Crippen molar-refractivity contribution in [2.75, 3.05) is 6.16 Å². The molecule has 1 spiro atoms. The predicted octanol–water partition coefficient (Wildman–Crippen LogP) is 2.19. The average molecular weight is 287 g/mol. The molecule has 0 amide bonds. The minimum atomic E-state index is -2.20. The highest BCUT2D eigenvalue weighted by Crippen LogP contribution is 2.60. The molecule has 6 heteroatoms. The van der Waals surface area contributed by atoms with Gasteiger partial charge in [-0.2, -0.15) is 0 Å². The summed E-state index contributed by atoms with van der Waals surface area (Å²) in [5.74, 6) is 0.0106. The van der Waals surface area contributed by atoms with Crippen LogP contribution in [0, 0.1) is 0 Å². The third kappa shape index (κ3) is 3.33. The third-order valence-electron chi connectivity index (χ3n) is 3.72. The fourth-order valence-electron chi connectivity index (χ4n) is 2.61. The SMILES string of the molecule is CCCC[C@@H]1N[P+]2(CC1=O)N[C@@H](CCCC)C(=O)O2. The maximum atomic E-state index is 12.0. The standard InChI is InChI=1S/C13H24N2O3P/c1-3-5-7-10-12(16)9-19(14-10)15-11(8-6-4-2)13(17)18-19/h10-11,14-15H,3-9H2,1-2H3/q+1/t10-,11-,19?/m0/s1. The van der Waals surface area contributed by atoms with Crippen molar-refractivity contribution in [1.82, 2.24) is 10.2 Å². The van der Waals surface area contributed by atoms with Gasteiger partial charge in [0.25, 0.3) is 0 Å². The minimum Gasteiger partial charge on any atom is -0.293 e. The van der Waals surface area contributed by atoms with Gasteiger partial charge in [0.05, 0.1) is 0 Å². The summed E-state index contributed by atoms with van der Waals surface area (Å²) in [5.41, 5.74) is 0. The topological polar surface area (TPSA) is 67.4 Å². The Morgan fingerprint density at radius 3 is 2.32 bits per heavy atom. The maximum absolute atomic E-state index is 12.0. The fraction of sp³-hybridized carbons (Fsp3) is 0.846. The van der Waals surface area contributed by atoms with E-state index in [0.29, 0.717) is 6.16 Å². The summed E-state index contributed by atoms with van der Waals surface area (Å²) in [6, 6.07) is -0.350. The second kappa shape index (κ2) is 6.29. The van der Waals surface area contributed by atoms with E-state index in [4.69, 9.17) is 4.52 Å². The zero-order valence-corrected chi connectivity index (χ0v) is 12.7. The van der Waals surface area contributed by atoms with Crippen LogP contribution in [0.25, 0.3) is 0 Å². The van der Waals surface area contributed by atoms with Crippen molar-refractivity contribution in [3.05, 3.63) is 0 Å². The van der Waals surface area contributed by atoms with Gasteiger partial charge in [-0.25, -0.2) is 4.79 Å². The van der Waals surface area contributed by atoms with Crippen molar-refractivity contribution in [3.63, 3.8) is 0 Å². The van der Waals surface area contributed by atoms with Crippen LogP contribution in [0.3, 0.4) is 0 Å². The Kier molecular flexibility index (Phi) is 4.93. The van der Waals surface area contributed by atoms with Crippen LogP contribution in [0.2, 0.25) is 0 Å². The van der Waals surface area contributed by atoms with Crippen molar-refractivity contribution in [3.8, 4) is 0 Å². The summed E-state index contributed by atoms with van der Waals surface area (Å²) in [6.07, 6.45) is 6.15. The lowest BCUT2D eigenvalue weighted by atomic mass is 10.1. The Morgan fingerprint density at radius 1 is 1.11 bits per heavy atom. The normalized spacial score (nSPS) is 34.2. The molecule has 5 nitrogen and oxygen atoms in total. The van der Waals surface area contributed by atoms with E-state index in [1.807, 2.05) is 0 Å². The molecule has 0 radical (unpaired) electrons. The number of carbonyl (C=O) groups excluding carboxylic acids is 2. The number of nitrogens with one attached hydrogen (secondary N) is 2. The van der Waals surface area contributed by atoms with Crippen LogP contribution in [0.5, 0.6) is 0 Å². The number of rotatable bonds is 6. The van der Waals surface area contributed by atoms with E-state index in [0.717, 1.165) is 38.5 Å². The highest BCUT2D eigenvalue weighted by molar-refractivity contribution is 7.69. The molecule has 0 aromatic rings. The van der Waals surface area contributed by atoms with E-state index in [1.165, 1.54) is 0 Å². The Labute approximate surface area is 115 Å². The first-order valence-electron chi connectivity index (χ1n) is 7.30. The largest absolute Gasteiger partial charge is 0.375 e. The molecular weight excluding hydrogens is 263 g/mol. The van der Waals surface area contributed by atoms with Crippen LogP contribution in [0.15, 0.2) is 0 Å². The van der Waals surface area contributed by atoms with Crippen molar-refractivity contribution >= 4 is 19.5 Å². The molecule has 2 rings (SSSR count). The smallest absolute Gasteiger partial charge is 0.293 e. The second-order valence-corrected chi connectivity index (χ2v) is 7.92. The van der Waals surface area contributed by atoms with Crippen LogP contribution >= 0.6 is 7.79 Å². The van der Waals surface area contributed by atoms with E-state index in [-0.39, 0.29) is 23.8 Å². The molecule has 2 saturated heterocycles. The number of ketones is 1. The Morgan fingerprint density at radius 2 is 1.68 bits per heavy atom. The van der Waals surface area contributed by atoms with Gasteiger partial charge in [-0.3, -0.25) is 9.32 Å². The molecule has 0 aromatic carbocycles. The van der Waals surface area contributed by atoms with Crippen LogP contribution in [-0.4, -0.2) is 30.0 Å². The van der Waals surface area contributed by atoms with Gasteiger partial charge >= 0.3 is 13.8 Å². The van der Waals surface area contributed by atoms with E-state index in [2.05, 4.69) is 24.0 Å². The van der Waals surface area contributed by atoms with Crippen molar-refractivity contribution < 1.29 is 14.1 Å². The predicted molar refractivity (Wildman–Crippen MR) is 75.8 cm³/mol. The van der Waals surface area contributed by atoms with Gasteiger partial charge < -0.3 is 0 Å². The van der Waals surface area contributed by atoms with Gasteiger partial charge in [0.15, 0.2) is 11.9 Å². The summed E-state index contributed by atoms with van der Waals surface area (Å²) in [7, 11) is -2.20. The molecular formula is C13H24N2O3P+. The number of carbonyl (C=O) groups is 2. The zero-order chi connectivity index (χ0) is 13.9. The maximum Gasteiger partial charge on any atom is 0.375 e. The van der Waals surface area contributed by atoms with Gasteiger partial charge in [0.2, 0.25) is 0 Å². The number of hydrogen-bond donors (Lipinski definition) is 2. The quantitative estimate of drug-likeness (QED) is 0.733. The average Bonchev–Trinajstić information content (AvgIpc) is 2.84. The van der Waals surface area contributed by atoms with E-state index >= 15 is 0 Å². The fourth-order valence-corrected chi connectivity index (χ4v) is 5.65. The van der Waals surface area contributed by atoms with Gasteiger partial charge in [0, 0.05) is 0 Å². The summed E-state index contributed by atoms with van der Waals surface area (Å²) in [5, 5.41) is 6.59. The third-order valence-corrected chi connectivity index (χ3v) is 6.43.